The zero-order chi connectivity index (χ0) is 39.0. The lowest BCUT2D eigenvalue weighted by Crippen LogP contribution is -2.01. The number of fused-ring (bicyclic) bond motifs is 6. The van der Waals surface area contributed by atoms with Crippen LogP contribution in [0.15, 0.2) is 145 Å². The maximum absolute atomic E-state index is 9.00. The van der Waals surface area contributed by atoms with Crippen LogP contribution < -0.4 is 0 Å². The smallest absolute Gasteiger partial charge is 0.0645 e. The van der Waals surface area contributed by atoms with Crippen LogP contribution in [-0.4, -0.2) is 9.13 Å². The summed E-state index contributed by atoms with van der Waals surface area (Å²) in [6.45, 7) is 0. The number of benzene rings is 6. The number of rotatable bonds is 3. The van der Waals surface area contributed by atoms with Crippen molar-refractivity contribution in [3.63, 3.8) is 0 Å². The first kappa shape index (κ1) is 10.7. The number of hydrogen-bond acceptors (Lipinski definition) is 0. The monoisotopic (exact) mass is 500 g/mol. The van der Waals surface area contributed by atoms with Crippen molar-refractivity contribution in [2.75, 3.05) is 0 Å². The van der Waals surface area contributed by atoms with E-state index in [1.807, 2.05) is 0 Å². The van der Waals surface area contributed by atoms with Crippen molar-refractivity contribution in [3.05, 3.63) is 145 Å². The van der Waals surface area contributed by atoms with Gasteiger partial charge in [0.25, 0.3) is 0 Å². The van der Waals surface area contributed by atoms with Crippen LogP contribution in [0.3, 0.4) is 0 Å². The van der Waals surface area contributed by atoms with Crippen molar-refractivity contribution < 1.29 is 21.9 Å². The molecule has 2 aromatic heterocycles. The van der Waals surface area contributed by atoms with Gasteiger partial charge >= 0.3 is 0 Å². The first-order valence-corrected chi connectivity index (χ1v) is 11.7. The molecule has 0 fully saturated rings. The Kier molecular flexibility index (Phi) is 2.32. The van der Waals surface area contributed by atoms with Gasteiger partial charge < -0.3 is 9.13 Å². The standard InChI is InChI=1S/C36H24N2/c1-7-19-31-25(13-1)26-14-2-8-20-32(26)37(31)35-23-11-5-17-29(35)30-18-6-12-24-36(30)38-33-21-9-3-15-27(33)28-16-4-10-22-34(28)38/h1-24H/i1D,2D,3D,4D,7D,8D,9D,10D,13D,14D,15D,16D,19D,20D,21D,22D. The van der Waals surface area contributed by atoms with Gasteiger partial charge in [-0.1, -0.05) is 109 Å². The van der Waals surface area contributed by atoms with E-state index in [1.54, 1.807) is 48.5 Å². The molecule has 0 unspecified atom stereocenters. The highest BCUT2D eigenvalue weighted by Gasteiger charge is 2.19. The minimum atomic E-state index is -0.585. The molecule has 0 saturated heterocycles. The quantitative estimate of drug-likeness (QED) is 0.229. The van der Waals surface area contributed by atoms with E-state index < -0.39 is 96.7 Å². The molecule has 0 spiro atoms. The van der Waals surface area contributed by atoms with Crippen LogP contribution in [0.1, 0.15) is 21.9 Å². The first-order chi connectivity index (χ1) is 25.5. The highest BCUT2D eigenvalue weighted by molar-refractivity contribution is 6.11. The molecule has 0 aliphatic carbocycles. The summed E-state index contributed by atoms with van der Waals surface area (Å²) in [6, 6.07) is 4.58. The van der Waals surface area contributed by atoms with Gasteiger partial charge in [-0.2, -0.15) is 0 Å². The van der Waals surface area contributed by atoms with Crippen molar-refractivity contribution >= 4 is 43.6 Å². The van der Waals surface area contributed by atoms with Gasteiger partial charge in [0.2, 0.25) is 0 Å². The fourth-order valence-corrected chi connectivity index (χ4v) is 5.12. The average Bonchev–Trinajstić information content (AvgIpc) is 3.72. The Hall–Kier alpha value is -5.08. The minimum Gasteiger partial charge on any atom is -0.309 e. The third-order valence-electron chi connectivity index (χ3n) is 6.65. The van der Waals surface area contributed by atoms with Gasteiger partial charge in [-0.05, 0) is 36.3 Å². The number of hydrogen-bond donors (Lipinski definition) is 0. The Morgan fingerprint density at radius 2 is 0.658 bits per heavy atom. The summed E-state index contributed by atoms with van der Waals surface area (Å²) < 4.78 is 142. The lowest BCUT2D eigenvalue weighted by molar-refractivity contribution is 1.16. The zero-order valence-electron chi connectivity index (χ0n) is 35.5. The van der Waals surface area contributed by atoms with Crippen LogP contribution in [0.2, 0.25) is 0 Å². The topological polar surface area (TPSA) is 9.86 Å². The Labute approximate surface area is 243 Å². The molecule has 2 nitrogen and oxygen atoms in total. The van der Waals surface area contributed by atoms with Crippen molar-refractivity contribution in [1.29, 1.82) is 0 Å². The van der Waals surface area contributed by atoms with Gasteiger partial charge in [0.1, 0.15) is 0 Å². The Morgan fingerprint density at radius 1 is 0.368 bits per heavy atom. The largest absolute Gasteiger partial charge is 0.309 e. The predicted octanol–water partition coefficient (Wildman–Crippen LogP) is 9.55. The summed E-state index contributed by atoms with van der Waals surface area (Å²) in [7, 11) is 0. The molecule has 0 N–H and O–H groups in total. The molecule has 0 saturated carbocycles. The molecule has 0 radical (unpaired) electrons. The van der Waals surface area contributed by atoms with Gasteiger partial charge in [-0.15, -0.1) is 0 Å². The molecule has 0 atom stereocenters. The molecule has 2 heteroatoms. The highest BCUT2D eigenvalue weighted by Crippen LogP contribution is 2.40. The van der Waals surface area contributed by atoms with E-state index in [-0.39, 0.29) is 55.0 Å². The third-order valence-corrected chi connectivity index (χ3v) is 6.65. The molecule has 8 rings (SSSR count). The normalized spacial score (nSPS) is 17.6. The van der Waals surface area contributed by atoms with Gasteiger partial charge in [0.15, 0.2) is 0 Å². The molecule has 38 heavy (non-hydrogen) atoms. The van der Waals surface area contributed by atoms with Gasteiger partial charge in [0.05, 0.1) is 55.4 Å². The lowest BCUT2D eigenvalue weighted by Gasteiger charge is -2.18. The summed E-state index contributed by atoms with van der Waals surface area (Å²) >= 11 is 0. The van der Waals surface area contributed by atoms with Crippen LogP contribution in [0.25, 0.3) is 66.1 Å². The molecule has 178 valence electrons. The van der Waals surface area contributed by atoms with Crippen LogP contribution in [0, 0.1) is 0 Å². The SMILES string of the molecule is [2H]c1c([2H])c([2H])c2c(c1[2H])c1c([2H])c([2H])c([2H])c([2H])c1n2-c1ccccc1-c1ccccc1-n1c2c([2H])c([2H])c([2H])c([2H])c2c2c([2H])c([2H])c([2H])c([2H])c21. The summed E-state index contributed by atoms with van der Waals surface area (Å²) in [4.78, 5) is 0. The van der Waals surface area contributed by atoms with E-state index in [1.165, 1.54) is 9.13 Å². The van der Waals surface area contributed by atoms with Gasteiger partial charge in [0, 0.05) is 32.7 Å². The van der Waals surface area contributed by atoms with Gasteiger partial charge in [-0.25, -0.2) is 0 Å². The fraction of sp³-hybridized carbons (Fsp3) is 0. The van der Waals surface area contributed by atoms with Crippen molar-refractivity contribution in [1.82, 2.24) is 9.13 Å². The molecule has 8 aromatic rings. The third kappa shape index (κ3) is 2.95. The second-order valence-electron chi connectivity index (χ2n) is 8.60. The van der Waals surface area contributed by atoms with Crippen molar-refractivity contribution in [3.8, 4) is 22.5 Å². The first-order valence-electron chi connectivity index (χ1n) is 19.7. The Bertz CT molecular complexity index is 2660. The van der Waals surface area contributed by atoms with E-state index in [2.05, 4.69) is 0 Å². The maximum atomic E-state index is 9.00. The minimum absolute atomic E-state index is 0.104. The molecule has 2 heterocycles. The predicted molar refractivity (Wildman–Crippen MR) is 161 cm³/mol. The van der Waals surface area contributed by atoms with Crippen LogP contribution >= 0.6 is 0 Å². The van der Waals surface area contributed by atoms with Crippen LogP contribution in [0.5, 0.6) is 0 Å². The summed E-state index contributed by atoms with van der Waals surface area (Å²) in [5.74, 6) is 0. The molecular weight excluding hydrogens is 460 g/mol. The molecule has 0 amide bonds. The van der Waals surface area contributed by atoms with Gasteiger partial charge in [-0.3, -0.25) is 0 Å². The molecule has 6 aromatic carbocycles. The van der Waals surface area contributed by atoms with Crippen LogP contribution in [-0.2, 0) is 0 Å². The number of para-hydroxylation sites is 6. The lowest BCUT2D eigenvalue weighted by atomic mass is 10.0. The van der Waals surface area contributed by atoms with Crippen molar-refractivity contribution in [2.24, 2.45) is 0 Å². The van der Waals surface area contributed by atoms with Crippen LogP contribution in [0.4, 0.5) is 0 Å². The Morgan fingerprint density at radius 3 is 1.00 bits per heavy atom. The van der Waals surface area contributed by atoms with E-state index >= 15 is 0 Å². The second kappa shape index (κ2) is 8.22. The highest BCUT2D eigenvalue weighted by atomic mass is 15.0. The van der Waals surface area contributed by atoms with Crippen molar-refractivity contribution in [2.45, 2.75) is 0 Å². The van der Waals surface area contributed by atoms with E-state index in [4.69, 9.17) is 21.9 Å². The van der Waals surface area contributed by atoms with E-state index in [9.17, 15) is 0 Å². The maximum Gasteiger partial charge on any atom is 0.0645 e. The summed E-state index contributed by atoms with van der Waals surface area (Å²) in [5.41, 5.74) is 0.739. The van der Waals surface area contributed by atoms with E-state index in [0.29, 0.717) is 11.1 Å². The Balaban J connectivity index is 1.59. The average molecular weight is 501 g/mol. The molecule has 0 aliphatic heterocycles. The fourth-order valence-electron chi connectivity index (χ4n) is 5.12. The summed E-state index contributed by atoms with van der Waals surface area (Å²) in [5, 5.41) is -0.443. The molecule has 0 aliphatic rings. The summed E-state index contributed by atoms with van der Waals surface area (Å²) in [6.07, 6.45) is 0. The molecule has 0 bridgehead atoms. The van der Waals surface area contributed by atoms with E-state index in [0.717, 1.165) is 0 Å². The number of aromatic nitrogens is 2. The second-order valence-corrected chi connectivity index (χ2v) is 8.60. The zero-order valence-corrected chi connectivity index (χ0v) is 19.5. The molecular formula is C36H24N2. The number of nitrogens with zero attached hydrogens (tertiary/aromatic N) is 2.